The molecule has 3 nitrogen and oxygen atoms in total. The molecular formula is C16H15NO2S. The molecule has 102 valence electrons. The van der Waals surface area contributed by atoms with Gasteiger partial charge in [0, 0.05) is 16.8 Å². The van der Waals surface area contributed by atoms with Gasteiger partial charge >= 0.3 is 0 Å². The van der Waals surface area contributed by atoms with Gasteiger partial charge in [0.25, 0.3) is 0 Å². The zero-order chi connectivity index (χ0) is 13.9. The monoisotopic (exact) mass is 285 g/mol. The van der Waals surface area contributed by atoms with Gasteiger partial charge in [-0.05, 0) is 34.5 Å². The fourth-order valence-electron chi connectivity index (χ4n) is 2.10. The van der Waals surface area contributed by atoms with Crippen molar-refractivity contribution >= 4 is 21.4 Å². The Balaban J connectivity index is 1.83. The fourth-order valence-corrected chi connectivity index (χ4v) is 3.11. The van der Waals surface area contributed by atoms with Gasteiger partial charge in [-0.2, -0.15) is 0 Å². The highest BCUT2D eigenvalue weighted by Gasteiger charge is 2.07. The molecule has 3 N–H and O–H groups in total. The van der Waals surface area contributed by atoms with Gasteiger partial charge in [-0.15, -0.1) is 11.3 Å². The van der Waals surface area contributed by atoms with Crippen LogP contribution in [0, 0.1) is 0 Å². The van der Waals surface area contributed by atoms with Crippen LogP contribution in [0.1, 0.15) is 11.1 Å². The number of thiophene rings is 1. The van der Waals surface area contributed by atoms with Gasteiger partial charge in [0.1, 0.15) is 6.61 Å². The number of rotatable bonds is 4. The zero-order valence-electron chi connectivity index (χ0n) is 10.9. The maximum absolute atomic E-state index is 9.68. The van der Waals surface area contributed by atoms with Crippen molar-refractivity contribution < 1.29 is 9.84 Å². The number of benzene rings is 2. The first kappa shape index (κ1) is 13.0. The van der Waals surface area contributed by atoms with Crippen LogP contribution in [-0.2, 0) is 13.2 Å². The average molecular weight is 285 g/mol. The lowest BCUT2D eigenvalue weighted by molar-refractivity contribution is 0.290. The second-order valence-corrected chi connectivity index (χ2v) is 5.46. The molecule has 1 heterocycles. The van der Waals surface area contributed by atoms with E-state index in [0.29, 0.717) is 18.9 Å². The molecule has 0 fully saturated rings. The highest BCUT2D eigenvalue weighted by molar-refractivity contribution is 7.17. The Morgan fingerprint density at radius 2 is 2.00 bits per heavy atom. The van der Waals surface area contributed by atoms with E-state index in [-0.39, 0.29) is 5.75 Å². The number of fused-ring (bicyclic) bond motifs is 1. The first-order valence-electron chi connectivity index (χ1n) is 6.38. The van der Waals surface area contributed by atoms with Gasteiger partial charge in [0.15, 0.2) is 11.5 Å². The lowest BCUT2D eigenvalue weighted by Gasteiger charge is -2.07. The number of hydrogen-bond acceptors (Lipinski definition) is 4. The number of phenols is 1. The standard InChI is InChI=1S/C16H15NO2S/c17-8-11-5-6-13-12(10-20-16(13)7-11)9-19-15-4-2-1-3-14(15)18/h1-7,10,18H,8-9,17H2. The van der Waals surface area contributed by atoms with Crippen LogP contribution in [0.2, 0.25) is 0 Å². The van der Waals surface area contributed by atoms with Gasteiger partial charge in [-0.3, -0.25) is 0 Å². The lowest BCUT2D eigenvalue weighted by atomic mass is 10.1. The fraction of sp³-hybridized carbons (Fsp3) is 0.125. The van der Waals surface area contributed by atoms with E-state index in [1.807, 2.05) is 12.1 Å². The summed E-state index contributed by atoms with van der Waals surface area (Å²) in [6, 6.07) is 13.2. The van der Waals surface area contributed by atoms with Crippen molar-refractivity contribution in [1.29, 1.82) is 0 Å². The molecule has 0 amide bonds. The maximum atomic E-state index is 9.68. The van der Waals surface area contributed by atoms with Crippen molar-refractivity contribution in [2.75, 3.05) is 0 Å². The number of phenolic OH excluding ortho intramolecular Hbond substituents is 1. The summed E-state index contributed by atoms with van der Waals surface area (Å²) < 4.78 is 6.89. The molecular weight excluding hydrogens is 270 g/mol. The van der Waals surface area contributed by atoms with Crippen LogP contribution in [-0.4, -0.2) is 5.11 Å². The smallest absolute Gasteiger partial charge is 0.161 e. The van der Waals surface area contributed by atoms with Gasteiger partial charge in [-0.25, -0.2) is 0 Å². The van der Waals surface area contributed by atoms with Crippen LogP contribution >= 0.6 is 11.3 Å². The van der Waals surface area contributed by atoms with Crippen LogP contribution in [0.4, 0.5) is 0 Å². The van der Waals surface area contributed by atoms with Crippen molar-refractivity contribution in [3.05, 3.63) is 59.0 Å². The van der Waals surface area contributed by atoms with E-state index >= 15 is 0 Å². The molecule has 1 aromatic heterocycles. The number of para-hydroxylation sites is 2. The molecule has 0 bridgehead atoms. The Morgan fingerprint density at radius 1 is 1.15 bits per heavy atom. The summed E-state index contributed by atoms with van der Waals surface area (Å²) in [6.45, 7) is 0.997. The van der Waals surface area contributed by atoms with E-state index in [0.717, 1.165) is 11.1 Å². The quantitative estimate of drug-likeness (QED) is 0.769. The van der Waals surface area contributed by atoms with E-state index in [1.165, 1.54) is 10.1 Å². The van der Waals surface area contributed by atoms with Crippen molar-refractivity contribution in [2.24, 2.45) is 5.73 Å². The molecule has 0 saturated carbocycles. The molecule has 0 atom stereocenters. The molecule has 0 spiro atoms. The number of ether oxygens (including phenoxy) is 1. The average Bonchev–Trinajstić information content (AvgIpc) is 2.88. The summed E-state index contributed by atoms with van der Waals surface area (Å²) in [6.07, 6.45) is 0. The molecule has 0 unspecified atom stereocenters. The second kappa shape index (κ2) is 5.53. The third-order valence-electron chi connectivity index (χ3n) is 3.20. The van der Waals surface area contributed by atoms with E-state index in [4.69, 9.17) is 10.5 Å². The molecule has 3 aromatic rings. The third-order valence-corrected chi connectivity index (χ3v) is 4.20. The molecule has 20 heavy (non-hydrogen) atoms. The summed E-state index contributed by atoms with van der Waals surface area (Å²) in [4.78, 5) is 0. The van der Waals surface area contributed by atoms with E-state index in [9.17, 15) is 5.11 Å². The van der Waals surface area contributed by atoms with Gasteiger partial charge < -0.3 is 15.6 Å². The second-order valence-electron chi connectivity index (χ2n) is 4.55. The van der Waals surface area contributed by atoms with Gasteiger partial charge in [0.2, 0.25) is 0 Å². The van der Waals surface area contributed by atoms with Crippen molar-refractivity contribution in [3.8, 4) is 11.5 Å². The van der Waals surface area contributed by atoms with Crippen LogP contribution < -0.4 is 10.5 Å². The van der Waals surface area contributed by atoms with Crippen LogP contribution in [0.15, 0.2) is 47.8 Å². The molecule has 0 aliphatic rings. The van der Waals surface area contributed by atoms with Crippen molar-refractivity contribution in [3.63, 3.8) is 0 Å². The third kappa shape index (κ3) is 2.48. The van der Waals surface area contributed by atoms with E-state index in [1.54, 1.807) is 29.5 Å². The highest BCUT2D eigenvalue weighted by Crippen LogP contribution is 2.30. The number of aromatic hydroxyl groups is 1. The minimum absolute atomic E-state index is 0.164. The lowest BCUT2D eigenvalue weighted by Crippen LogP contribution is -1.96. The predicted octanol–water partition coefficient (Wildman–Crippen LogP) is 3.64. The van der Waals surface area contributed by atoms with Crippen molar-refractivity contribution in [1.82, 2.24) is 0 Å². The Bertz CT molecular complexity index is 736. The predicted molar refractivity (Wildman–Crippen MR) is 82.2 cm³/mol. The summed E-state index contributed by atoms with van der Waals surface area (Å²) in [5.74, 6) is 0.669. The molecule has 2 aromatic carbocycles. The van der Waals surface area contributed by atoms with Gasteiger partial charge in [-0.1, -0.05) is 24.3 Å². The Kier molecular flexibility index (Phi) is 3.58. The molecule has 0 radical (unpaired) electrons. The van der Waals surface area contributed by atoms with Crippen molar-refractivity contribution in [2.45, 2.75) is 13.2 Å². The van der Waals surface area contributed by atoms with Gasteiger partial charge in [0.05, 0.1) is 0 Å². The number of nitrogens with two attached hydrogens (primary N) is 1. The van der Waals surface area contributed by atoms with E-state index in [2.05, 4.69) is 17.5 Å². The maximum Gasteiger partial charge on any atom is 0.161 e. The molecule has 0 aliphatic heterocycles. The summed E-state index contributed by atoms with van der Waals surface area (Å²) in [7, 11) is 0. The first-order valence-corrected chi connectivity index (χ1v) is 7.26. The Hall–Kier alpha value is -2.04. The van der Waals surface area contributed by atoms with Crippen LogP contribution in [0.25, 0.3) is 10.1 Å². The largest absolute Gasteiger partial charge is 0.504 e. The molecule has 3 rings (SSSR count). The SMILES string of the molecule is NCc1ccc2c(COc3ccccc3O)csc2c1. The molecule has 4 heteroatoms. The Labute approximate surface area is 121 Å². The van der Waals surface area contributed by atoms with Crippen LogP contribution in [0.3, 0.4) is 0 Å². The summed E-state index contributed by atoms with van der Waals surface area (Å²) in [5.41, 5.74) is 7.91. The Morgan fingerprint density at radius 3 is 2.80 bits per heavy atom. The number of hydrogen-bond donors (Lipinski definition) is 2. The summed E-state index contributed by atoms with van der Waals surface area (Å²) >= 11 is 1.68. The topological polar surface area (TPSA) is 55.5 Å². The minimum Gasteiger partial charge on any atom is -0.504 e. The van der Waals surface area contributed by atoms with E-state index < -0.39 is 0 Å². The first-order chi connectivity index (χ1) is 9.78. The normalized spacial score (nSPS) is 10.8. The molecule has 0 saturated heterocycles. The highest BCUT2D eigenvalue weighted by atomic mass is 32.1. The minimum atomic E-state index is 0.164. The molecule has 0 aliphatic carbocycles. The summed E-state index contributed by atoms with van der Waals surface area (Å²) in [5, 5.41) is 13.0. The zero-order valence-corrected chi connectivity index (χ0v) is 11.7. The van der Waals surface area contributed by atoms with Crippen LogP contribution in [0.5, 0.6) is 11.5 Å².